The van der Waals surface area contributed by atoms with E-state index < -0.39 is 0 Å². The van der Waals surface area contributed by atoms with Crippen molar-refractivity contribution < 1.29 is 9.53 Å². The minimum absolute atomic E-state index is 0.389. The zero-order valence-electron chi connectivity index (χ0n) is 10.7. The van der Waals surface area contributed by atoms with E-state index in [1.165, 1.54) is 12.9 Å². The highest BCUT2D eigenvalue weighted by atomic mass is 32.2. The largest absolute Gasteiger partial charge is 0.465 e. The van der Waals surface area contributed by atoms with Crippen LogP contribution >= 0.6 is 11.8 Å². The number of carbonyl (C=O) groups is 1. The molecule has 5 heteroatoms. The maximum Gasteiger partial charge on any atom is 0.340 e. The molecule has 1 aliphatic heterocycles. The highest BCUT2D eigenvalue weighted by Crippen LogP contribution is 2.26. The van der Waals surface area contributed by atoms with Crippen molar-refractivity contribution in [1.82, 2.24) is 0 Å². The van der Waals surface area contributed by atoms with E-state index in [4.69, 9.17) is 10.5 Å². The van der Waals surface area contributed by atoms with Crippen LogP contribution in [0.25, 0.3) is 0 Å². The predicted molar refractivity (Wildman–Crippen MR) is 76.3 cm³/mol. The Balaban J connectivity index is 2.25. The molecule has 1 aliphatic rings. The Morgan fingerprint density at radius 1 is 1.56 bits per heavy atom. The third-order valence-corrected chi connectivity index (χ3v) is 4.26. The van der Waals surface area contributed by atoms with Crippen LogP contribution in [-0.4, -0.2) is 30.6 Å². The number of methoxy groups -OCH3 is 1. The Morgan fingerprint density at radius 3 is 2.94 bits per heavy atom. The molecular formula is C13H18N2O2S. The van der Waals surface area contributed by atoms with E-state index in [1.807, 2.05) is 24.8 Å². The Kier molecular flexibility index (Phi) is 4.01. The lowest BCUT2D eigenvalue weighted by atomic mass is 10.1. The van der Waals surface area contributed by atoms with Gasteiger partial charge in [-0.15, -0.1) is 0 Å². The minimum Gasteiger partial charge on any atom is -0.465 e. The van der Waals surface area contributed by atoms with Gasteiger partial charge in [-0.2, -0.15) is 11.8 Å². The van der Waals surface area contributed by atoms with Gasteiger partial charge in [-0.05, 0) is 36.8 Å². The summed E-state index contributed by atoms with van der Waals surface area (Å²) >= 11 is 1.94. The molecule has 0 radical (unpaired) electrons. The van der Waals surface area contributed by atoms with E-state index in [2.05, 4.69) is 5.32 Å². The molecular weight excluding hydrogens is 248 g/mol. The zero-order chi connectivity index (χ0) is 13.1. The quantitative estimate of drug-likeness (QED) is 0.649. The third kappa shape index (κ3) is 2.72. The smallest absolute Gasteiger partial charge is 0.340 e. The molecule has 1 fully saturated rings. The van der Waals surface area contributed by atoms with Crippen molar-refractivity contribution in [3.05, 3.63) is 23.3 Å². The van der Waals surface area contributed by atoms with Gasteiger partial charge in [-0.3, -0.25) is 0 Å². The molecule has 1 aromatic rings. The van der Waals surface area contributed by atoms with Gasteiger partial charge in [-0.25, -0.2) is 4.79 Å². The molecule has 0 saturated carbocycles. The Morgan fingerprint density at radius 2 is 2.33 bits per heavy atom. The van der Waals surface area contributed by atoms with E-state index in [1.54, 1.807) is 6.07 Å². The van der Waals surface area contributed by atoms with Gasteiger partial charge < -0.3 is 15.8 Å². The number of carbonyl (C=O) groups excluding carboxylic acids is 1. The summed E-state index contributed by atoms with van der Waals surface area (Å²) in [5.41, 5.74) is 8.67. The molecule has 1 unspecified atom stereocenters. The fraction of sp³-hybridized carbons (Fsp3) is 0.462. The lowest BCUT2D eigenvalue weighted by Crippen LogP contribution is -2.19. The van der Waals surface area contributed by atoms with E-state index in [9.17, 15) is 4.79 Å². The number of nitrogens with two attached hydrogens (primary N) is 1. The summed E-state index contributed by atoms with van der Waals surface area (Å²) in [5, 5.41) is 3.44. The zero-order valence-corrected chi connectivity index (χ0v) is 11.5. The molecule has 3 N–H and O–H groups in total. The number of ether oxygens (including phenoxy) is 1. The van der Waals surface area contributed by atoms with Crippen LogP contribution in [0.4, 0.5) is 11.4 Å². The number of thioether (sulfide) groups is 1. The van der Waals surface area contributed by atoms with Crippen molar-refractivity contribution in [1.29, 1.82) is 0 Å². The topological polar surface area (TPSA) is 64.3 Å². The van der Waals surface area contributed by atoms with Gasteiger partial charge >= 0.3 is 5.97 Å². The average Bonchev–Trinajstić information content (AvgIpc) is 2.85. The van der Waals surface area contributed by atoms with Crippen LogP contribution in [0.15, 0.2) is 12.1 Å². The second-order valence-corrected chi connectivity index (χ2v) is 5.60. The number of hydrogen-bond acceptors (Lipinski definition) is 5. The molecule has 0 bridgehead atoms. The first kappa shape index (κ1) is 13.1. The number of anilines is 2. The first-order chi connectivity index (χ1) is 8.61. The summed E-state index contributed by atoms with van der Waals surface area (Å²) in [6, 6.07) is 4.23. The second kappa shape index (κ2) is 5.52. The SMILES string of the molecule is COC(=O)c1cc(NC2CCSC2)cc(C)c1N. The van der Waals surface area contributed by atoms with Gasteiger partial charge in [0.05, 0.1) is 12.7 Å². The fourth-order valence-electron chi connectivity index (χ4n) is 2.04. The monoisotopic (exact) mass is 266 g/mol. The number of esters is 1. The summed E-state index contributed by atoms with van der Waals surface area (Å²) in [6.07, 6.45) is 1.15. The molecule has 0 aromatic heterocycles. The van der Waals surface area contributed by atoms with E-state index >= 15 is 0 Å². The average molecular weight is 266 g/mol. The number of benzene rings is 1. The molecule has 18 heavy (non-hydrogen) atoms. The van der Waals surface area contributed by atoms with Crippen LogP contribution in [-0.2, 0) is 4.74 Å². The molecule has 1 heterocycles. The lowest BCUT2D eigenvalue weighted by molar-refractivity contribution is 0.0602. The van der Waals surface area contributed by atoms with E-state index in [-0.39, 0.29) is 5.97 Å². The third-order valence-electron chi connectivity index (χ3n) is 3.09. The molecule has 0 aliphatic carbocycles. The van der Waals surface area contributed by atoms with E-state index in [0.717, 1.165) is 23.4 Å². The van der Waals surface area contributed by atoms with Crippen LogP contribution in [0.2, 0.25) is 0 Å². The van der Waals surface area contributed by atoms with Gasteiger partial charge in [0.15, 0.2) is 0 Å². The fourth-order valence-corrected chi connectivity index (χ4v) is 3.20. The first-order valence-corrected chi connectivity index (χ1v) is 7.10. The maximum atomic E-state index is 11.6. The number of nitrogen functional groups attached to an aromatic ring is 1. The van der Waals surface area contributed by atoms with Gasteiger partial charge in [0, 0.05) is 23.2 Å². The first-order valence-electron chi connectivity index (χ1n) is 5.94. The van der Waals surface area contributed by atoms with Crippen molar-refractivity contribution in [3.8, 4) is 0 Å². The van der Waals surface area contributed by atoms with Gasteiger partial charge in [0.2, 0.25) is 0 Å². The Labute approximate surface area is 111 Å². The van der Waals surface area contributed by atoms with Gasteiger partial charge in [0.25, 0.3) is 0 Å². The number of hydrogen-bond donors (Lipinski definition) is 2. The summed E-state index contributed by atoms with van der Waals surface area (Å²) in [4.78, 5) is 11.6. The molecule has 4 nitrogen and oxygen atoms in total. The van der Waals surface area contributed by atoms with Crippen LogP contribution in [0.3, 0.4) is 0 Å². The van der Waals surface area contributed by atoms with Crippen molar-refractivity contribution in [2.45, 2.75) is 19.4 Å². The standard InChI is InChI=1S/C13H18N2O2S/c1-8-5-10(15-9-3-4-18-7-9)6-11(12(8)14)13(16)17-2/h5-6,9,15H,3-4,7,14H2,1-2H3. The summed E-state index contributed by atoms with van der Waals surface area (Å²) in [7, 11) is 1.37. The number of rotatable bonds is 3. The normalized spacial score (nSPS) is 18.7. The van der Waals surface area contributed by atoms with Gasteiger partial charge in [-0.1, -0.05) is 0 Å². The van der Waals surface area contributed by atoms with Crippen molar-refractivity contribution in [2.75, 3.05) is 29.7 Å². The molecule has 98 valence electrons. The molecule has 0 amide bonds. The van der Waals surface area contributed by atoms with Crippen LogP contribution in [0.1, 0.15) is 22.3 Å². The Bertz CT molecular complexity index is 457. The lowest BCUT2D eigenvalue weighted by Gasteiger charge is -2.16. The van der Waals surface area contributed by atoms with Crippen LogP contribution in [0, 0.1) is 6.92 Å². The highest BCUT2D eigenvalue weighted by molar-refractivity contribution is 7.99. The predicted octanol–water partition coefficient (Wildman–Crippen LogP) is 2.28. The van der Waals surface area contributed by atoms with Crippen LogP contribution in [0.5, 0.6) is 0 Å². The van der Waals surface area contributed by atoms with Crippen molar-refractivity contribution >= 4 is 29.1 Å². The summed E-state index contributed by atoms with van der Waals surface area (Å²) < 4.78 is 4.75. The molecule has 1 atom stereocenters. The minimum atomic E-state index is -0.389. The second-order valence-electron chi connectivity index (χ2n) is 4.45. The molecule has 0 spiro atoms. The van der Waals surface area contributed by atoms with Gasteiger partial charge in [0.1, 0.15) is 0 Å². The number of nitrogens with one attached hydrogen (secondary N) is 1. The maximum absolute atomic E-state index is 11.6. The van der Waals surface area contributed by atoms with Crippen molar-refractivity contribution in [3.63, 3.8) is 0 Å². The van der Waals surface area contributed by atoms with Crippen molar-refractivity contribution in [2.24, 2.45) is 0 Å². The Hall–Kier alpha value is -1.36. The molecule has 1 aromatic carbocycles. The molecule has 2 rings (SSSR count). The number of aryl methyl sites for hydroxylation is 1. The van der Waals surface area contributed by atoms with E-state index in [0.29, 0.717) is 17.3 Å². The van der Waals surface area contributed by atoms with Crippen LogP contribution < -0.4 is 11.1 Å². The summed E-state index contributed by atoms with van der Waals surface area (Å²) in [6.45, 7) is 1.90. The summed E-state index contributed by atoms with van der Waals surface area (Å²) in [5.74, 6) is 1.91. The molecule has 1 saturated heterocycles. The highest BCUT2D eigenvalue weighted by Gasteiger charge is 2.18.